The van der Waals surface area contributed by atoms with Gasteiger partial charge in [-0.05, 0) is 6.07 Å². The molecule has 90 valence electrons. The molecule has 1 N–H and O–H groups in total. The standard InChI is InChI=1S/C8H5F6NO/c9-6(10)5-4(8(12,13)14)1-3(2-16)15-7(5)11/h1,6,16H,2H2. The third-order valence-corrected chi connectivity index (χ3v) is 1.75. The Labute approximate surface area is 85.5 Å². The van der Waals surface area contributed by atoms with E-state index < -0.39 is 42.0 Å². The van der Waals surface area contributed by atoms with E-state index in [-0.39, 0.29) is 6.07 Å². The molecular weight excluding hydrogens is 240 g/mol. The van der Waals surface area contributed by atoms with E-state index in [4.69, 9.17) is 5.11 Å². The molecule has 0 unspecified atom stereocenters. The third kappa shape index (κ3) is 2.43. The molecule has 1 aromatic heterocycles. The van der Waals surface area contributed by atoms with Crippen molar-refractivity contribution >= 4 is 0 Å². The van der Waals surface area contributed by atoms with Crippen LogP contribution in [0.15, 0.2) is 6.07 Å². The van der Waals surface area contributed by atoms with Gasteiger partial charge in [0.2, 0.25) is 5.95 Å². The average molecular weight is 245 g/mol. The lowest BCUT2D eigenvalue weighted by Gasteiger charge is -2.13. The van der Waals surface area contributed by atoms with Crippen molar-refractivity contribution in [3.63, 3.8) is 0 Å². The van der Waals surface area contributed by atoms with E-state index in [1.54, 1.807) is 0 Å². The molecule has 0 atom stereocenters. The Kier molecular flexibility index (Phi) is 3.41. The fourth-order valence-electron chi connectivity index (χ4n) is 1.10. The summed E-state index contributed by atoms with van der Waals surface area (Å²) in [6, 6.07) is 0.199. The van der Waals surface area contributed by atoms with E-state index in [1.165, 1.54) is 0 Å². The van der Waals surface area contributed by atoms with Crippen LogP contribution in [-0.4, -0.2) is 10.1 Å². The predicted octanol–water partition coefficient (Wildman–Crippen LogP) is 2.67. The van der Waals surface area contributed by atoms with Crippen LogP contribution in [0.1, 0.15) is 23.2 Å². The Hall–Kier alpha value is -1.31. The monoisotopic (exact) mass is 245 g/mol. The SMILES string of the molecule is OCc1cc(C(F)(F)F)c(C(F)F)c(F)n1. The fraction of sp³-hybridized carbons (Fsp3) is 0.375. The smallest absolute Gasteiger partial charge is 0.390 e. The van der Waals surface area contributed by atoms with Gasteiger partial charge in [-0.25, -0.2) is 13.8 Å². The molecule has 0 aliphatic rings. The van der Waals surface area contributed by atoms with Crippen molar-refractivity contribution in [3.05, 3.63) is 28.8 Å². The highest BCUT2D eigenvalue weighted by molar-refractivity contribution is 5.31. The molecule has 1 aromatic rings. The summed E-state index contributed by atoms with van der Waals surface area (Å²) in [6.45, 7) is -0.969. The van der Waals surface area contributed by atoms with Gasteiger partial charge in [0.25, 0.3) is 6.43 Å². The fourth-order valence-corrected chi connectivity index (χ4v) is 1.10. The first-order chi connectivity index (χ1) is 7.27. The van der Waals surface area contributed by atoms with E-state index in [9.17, 15) is 26.3 Å². The summed E-state index contributed by atoms with van der Waals surface area (Å²) >= 11 is 0. The minimum Gasteiger partial charge on any atom is -0.390 e. The van der Waals surface area contributed by atoms with Crippen LogP contribution >= 0.6 is 0 Å². The van der Waals surface area contributed by atoms with Crippen LogP contribution in [0.3, 0.4) is 0 Å². The zero-order chi connectivity index (χ0) is 12.5. The quantitative estimate of drug-likeness (QED) is 0.641. The summed E-state index contributed by atoms with van der Waals surface area (Å²) in [4.78, 5) is 2.79. The Morgan fingerprint density at radius 3 is 2.25 bits per heavy atom. The van der Waals surface area contributed by atoms with Crippen LogP contribution in [0, 0.1) is 5.95 Å². The lowest BCUT2D eigenvalue weighted by atomic mass is 10.1. The zero-order valence-electron chi connectivity index (χ0n) is 7.52. The number of halogens is 6. The molecule has 0 spiro atoms. The Balaban J connectivity index is 3.47. The Morgan fingerprint density at radius 2 is 1.88 bits per heavy atom. The maximum absolute atomic E-state index is 12.9. The minimum absolute atomic E-state index is 0.199. The molecule has 2 nitrogen and oxygen atoms in total. The van der Waals surface area contributed by atoms with Crippen molar-refractivity contribution < 1.29 is 31.4 Å². The largest absolute Gasteiger partial charge is 0.417 e. The van der Waals surface area contributed by atoms with Crippen LogP contribution in [-0.2, 0) is 12.8 Å². The van der Waals surface area contributed by atoms with Gasteiger partial charge in [-0.2, -0.15) is 17.6 Å². The van der Waals surface area contributed by atoms with Crippen molar-refractivity contribution in [2.24, 2.45) is 0 Å². The maximum Gasteiger partial charge on any atom is 0.417 e. The molecule has 0 saturated carbocycles. The molecule has 1 heterocycles. The second kappa shape index (κ2) is 4.28. The van der Waals surface area contributed by atoms with Gasteiger partial charge in [0.15, 0.2) is 0 Å². The number of hydrogen-bond acceptors (Lipinski definition) is 2. The molecule has 0 saturated heterocycles. The number of hydrogen-bond donors (Lipinski definition) is 1. The topological polar surface area (TPSA) is 33.1 Å². The van der Waals surface area contributed by atoms with Crippen molar-refractivity contribution in [2.45, 2.75) is 19.2 Å². The van der Waals surface area contributed by atoms with Crippen molar-refractivity contribution in [2.75, 3.05) is 0 Å². The lowest BCUT2D eigenvalue weighted by Crippen LogP contribution is -2.14. The molecule has 0 amide bonds. The van der Waals surface area contributed by atoms with Gasteiger partial charge in [-0.15, -0.1) is 0 Å². The third-order valence-electron chi connectivity index (χ3n) is 1.75. The molecule has 8 heteroatoms. The molecule has 0 aromatic carbocycles. The highest BCUT2D eigenvalue weighted by Crippen LogP contribution is 2.37. The Bertz CT molecular complexity index is 389. The maximum atomic E-state index is 12.9. The second-order valence-corrected chi connectivity index (χ2v) is 2.82. The van der Waals surface area contributed by atoms with Crippen LogP contribution in [0.25, 0.3) is 0 Å². The van der Waals surface area contributed by atoms with Crippen LogP contribution in [0.4, 0.5) is 26.3 Å². The molecule has 0 aliphatic heterocycles. The van der Waals surface area contributed by atoms with Gasteiger partial charge in [0.05, 0.1) is 23.4 Å². The molecule has 0 bridgehead atoms. The van der Waals surface area contributed by atoms with Crippen LogP contribution in [0.2, 0.25) is 0 Å². The predicted molar refractivity (Wildman–Crippen MR) is 40.1 cm³/mol. The molecule has 1 rings (SSSR count). The number of nitrogens with zero attached hydrogens (tertiary/aromatic N) is 1. The highest BCUT2D eigenvalue weighted by atomic mass is 19.4. The first kappa shape index (κ1) is 12.8. The van der Waals surface area contributed by atoms with Gasteiger partial charge in [-0.3, -0.25) is 0 Å². The van der Waals surface area contributed by atoms with Crippen LogP contribution < -0.4 is 0 Å². The average Bonchev–Trinajstić information content (AvgIpc) is 2.14. The van der Waals surface area contributed by atoms with Gasteiger partial charge >= 0.3 is 6.18 Å². The van der Waals surface area contributed by atoms with E-state index >= 15 is 0 Å². The number of aliphatic hydroxyl groups excluding tert-OH is 1. The van der Waals surface area contributed by atoms with Gasteiger partial charge in [0, 0.05) is 0 Å². The van der Waals surface area contributed by atoms with Crippen LogP contribution in [0.5, 0.6) is 0 Å². The first-order valence-electron chi connectivity index (χ1n) is 3.93. The number of alkyl halides is 5. The number of aromatic nitrogens is 1. The number of aliphatic hydroxyl groups is 1. The summed E-state index contributed by atoms with van der Waals surface area (Å²) in [5, 5.41) is 8.50. The van der Waals surface area contributed by atoms with Crippen molar-refractivity contribution in [1.82, 2.24) is 4.98 Å². The van der Waals surface area contributed by atoms with E-state index in [0.717, 1.165) is 0 Å². The van der Waals surface area contributed by atoms with E-state index in [0.29, 0.717) is 0 Å². The summed E-state index contributed by atoms with van der Waals surface area (Å²) in [5.74, 6) is -1.92. The highest BCUT2D eigenvalue weighted by Gasteiger charge is 2.38. The summed E-state index contributed by atoms with van der Waals surface area (Å²) in [5.41, 5.74) is -4.28. The van der Waals surface area contributed by atoms with E-state index in [2.05, 4.69) is 4.98 Å². The second-order valence-electron chi connectivity index (χ2n) is 2.82. The minimum atomic E-state index is -5.13. The molecule has 0 radical (unpaired) electrons. The van der Waals surface area contributed by atoms with Gasteiger partial charge < -0.3 is 5.11 Å². The normalized spacial score (nSPS) is 12.2. The summed E-state index contributed by atoms with van der Waals surface area (Å²) < 4.78 is 74.2. The first-order valence-corrected chi connectivity index (χ1v) is 3.93. The van der Waals surface area contributed by atoms with Crippen molar-refractivity contribution in [1.29, 1.82) is 0 Å². The molecule has 16 heavy (non-hydrogen) atoms. The Morgan fingerprint density at radius 1 is 1.31 bits per heavy atom. The van der Waals surface area contributed by atoms with Crippen molar-refractivity contribution in [3.8, 4) is 0 Å². The lowest BCUT2D eigenvalue weighted by molar-refractivity contribution is -0.140. The number of rotatable bonds is 2. The van der Waals surface area contributed by atoms with E-state index in [1.807, 2.05) is 0 Å². The molecule has 0 aliphatic carbocycles. The zero-order valence-corrected chi connectivity index (χ0v) is 7.52. The number of pyridine rings is 1. The molecular formula is C8H5F6NO. The van der Waals surface area contributed by atoms with Gasteiger partial charge in [-0.1, -0.05) is 0 Å². The molecule has 0 fully saturated rings. The summed E-state index contributed by atoms with van der Waals surface area (Å²) in [7, 11) is 0. The summed E-state index contributed by atoms with van der Waals surface area (Å²) in [6.07, 6.45) is -8.75. The van der Waals surface area contributed by atoms with Gasteiger partial charge in [0.1, 0.15) is 0 Å².